The number of rotatable bonds is 7. The van der Waals surface area contributed by atoms with E-state index in [2.05, 4.69) is 4.72 Å². The van der Waals surface area contributed by atoms with Crippen molar-refractivity contribution in [3.8, 4) is 0 Å². The summed E-state index contributed by atoms with van der Waals surface area (Å²) in [7, 11) is 4.58. The zero-order valence-corrected chi connectivity index (χ0v) is 13.9. The summed E-state index contributed by atoms with van der Waals surface area (Å²) in [6, 6.07) is 8.16. The molecule has 7 heteroatoms. The van der Waals surface area contributed by atoms with E-state index in [4.69, 9.17) is 11.6 Å². The Balaban J connectivity index is 2.86. The fourth-order valence-electron chi connectivity index (χ4n) is 1.91. The van der Waals surface area contributed by atoms with Crippen molar-refractivity contribution in [2.45, 2.75) is 6.04 Å². The molecule has 0 heterocycles. The highest BCUT2D eigenvalue weighted by Gasteiger charge is 2.20. The van der Waals surface area contributed by atoms with E-state index < -0.39 is 15.2 Å². The van der Waals surface area contributed by atoms with Gasteiger partial charge in [-0.3, -0.25) is 0 Å². The third-order valence-corrected chi connectivity index (χ3v) is 4.92. The fraction of sp³-hybridized carbons (Fsp3) is 0.538. The van der Waals surface area contributed by atoms with Crippen LogP contribution in [0.15, 0.2) is 24.3 Å². The molecule has 0 unspecified atom stereocenters. The van der Waals surface area contributed by atoms with Crippen LogP contribution in [0.3, 0.4) is 0 Å². The summed E-state index contributed by atoms with van der Waals surface area (Å²) in [6.07, 6.45) is 0. The molecule has 5 nitrogen and oxygen atoms in total. The summed E-state index contributed by atoms with van der Waals surface area (Å²) in [6.45, 7) is 0.332. The van der Waals surface area contributed by atoms with Crippen LogP contribution >= 0.6 is 11.6 Å². The van der Waals surface area contributed by atoms with Crippen molar-refractivity contribution >= 4 is 27.3 Å². The number of nitrogens with zero attached hydrogens (tertiary/aromatic N) is 1. The summed E-state index contributed by atoms with van der Waals surface area (Å²) in [4.78, 5) is 3.18. The van der Waals surface area contributed by atoms with E-state index in [-0.39, 0.29) is 6.04 Å². The summed E-state index contributed by atoms with van der Waals surface area (Å²) < 4.78 is 25.4. The Hall–Kier alpha value is -0.820. The molecule has 1 aromatic carbocycles. The Morgan fingerprint density at radius 3 is 2.20 bits per heavy atom. The van der Waals surface area contributed by atoms with Gasteiger partial charge >= 0.3 is 0 Å². The summed E-state index contributed by atoms with van der Waals surface area (Å²) >= 11 is 5.40. The number of halogens is 1. The van der Waals surface area contributed by atoms with Gasteiger partial charge in [-0.15, -0.1) is 11.6 Å². The lowest BCUT2D eigenvalue weighted by atomic mass is 10.1. The summed E-state index contributed by atoms with van der Waals surface area (Å²) in [5.74, 6) is 0. The molecule has 0 aromatic heterocycles. The first kappa shape index (κ1) is 17.2. The van der Waals surface area contributed by atoms with Crippen LogP contribution < -0.4 is 14.5 Å². The number of nitrogens with one attached hydrogen (secondary N) is 2. The zero-order valence-electron chi connectivity index (χ0n) is 12.4. The van der Waals surface area contributed by atoms with Gasteiger partial charge in [0.05, 0.1) is 20.6 Å². The van der Waals surface area contributed by atoms with E-state index in [1.807, 2.05) is 57.4 Å². The van der Waals surface area contributed by atoms with Gasteiger partial charge in [0, 0.05) is 25.3 Å². The molecule has 0 aliphatic carbocycles. The minimum atomic E-state index is -3.38. The molecule has 0 bridgehead atoms. The van der Waals surface area contributed by atoms with Crippen LogP contribution in [-0.2, 0) is 10.0 Å². The van der Waals surface area contributed by atoms with Gasteiger partial charge in [-0.2, -0.15) is 0 Å². The number of sulfonamides is 1. The monoisotopic (exact) mass is 320 g/mol. The van der Waals surface area contributed by atoms with Crippen LogP contribution in [0.4, 0.5) is 5.69 Å². The van der Waals surface area contributed by atoms with Gasteiger partial charge in [-0.05, 0) is 12.1 Å². The van der Waals surface area contributed by atoms with Gasteiger partial charge < -0.3 is 9.80 Å². The first-order valence-corrected chi connectivity index (χ1v) is 8.56. The van der Waals surface area contributed by atoms with Crippen molar-refractivity contribution in [1.82, 2.24) is 4.72 Å². The summed E-state index contributed by atoms with van der Waals surface area (Å²) in [5.41, 5.74) is 2.20. The third-order valence-electron chi connectivity index (χ3n) is 3.16. The molecule has 0 aliphatic rings. The molecule has 0 radical (unpaired) electrons. The molecule has 0 saturated heterocycles. The van der Waals surface area contributed by atoms with Crippen molar-refractivity contribution in [3.63, 3.8) is 0 Å². The molecule has 1 aromatic rings. The highest BCUT2D eigenvalue weighted by molar-refractivity contribution is 7.90. The third kappa shape index (κ3) is 4.94. The number of hydrogen-bond acceptors (Lipinski definition) is 3. The average Bonchev–Trinajstić information content (AvgIpc) is 2.39. The normalized spacial score (nSPS) is 13.5. The predicted octanol–water partition coefficient (Wildman–Crippen LogP) is 0.0539. The lowest BCUT2D eigenvalue weighted by molar-refractivity contribution is -0.890. The molecule has 0 spiro atoms. The topological polar surface area (TPSA) is 53.9 Å². The van der Waals surface area contributed by atoms with Crippen LogP contribution in [0.5, 0.6) is 0 Å². The van der Waals surface area contributed by atoms with Crippen molar-refractivity contribution < 1.29 is 13.3 Å². The maximum Gasteiger partial charge on any atom is 0.225 e. The van der Waals surface area contributed by atoms with Crippen LogP contribution in [0.1, 0.15) is 11.6 Å². The van der Waals surface area contributed by atoms with E-state index in [1.54, 1.807) is 0 Å². The molecule has 0 fully saturated rings. The Kier molecular flexibility index (Phi) is 6.26. The lowest BCUT2D eigenvalue weighted by Gasteiger charge is -2.23. The molecular formula is C13H23ClN3O2S+. The van der Waals surface area contributed by atoms with Crippen LogP contribution in [0.2, 0.25) is 0 Å². The van der Waals surface area contributed by atoms with Crippen LogP contribution in [-0.4, -0.2) is 48.4 Å². The number of benzene rings is 1. The van der Waals surface area contributed by atoms with Crippen molar-refractivity contribution in [3.05, 3.63) is 29.8 Å². The number of likely N-dealkylation sites (N-methyl/N-ethyl adjacent to an activating group) is 1. The zero-order chi connectivity index (χ0) is 15.3. The molecular weight excluding hydrogens is 298 g/mol. The second-order valence-electron chi connectivity index (χ2n) is 5.19. The number of anilines is 1. The minimum Gasteiger partial charge on any atom is -0.378 e. The Morgan fingerprint density at radius 1 is 1.25 bits per heavy atom. The first-order valence-electron chi connectivity index (χ1n) is 6.37. The maximum absolute atomic E-state index is 11.4. The molecule has 114 valence electrons. The summed E-state index contributed by atoms with van der Waals surface area (Å²) in [5, 5.41) is -0.415. The largest absolute Gasteiger partial charge is 0.378 e. The molecule has 2 N–H and O–H groups in total. The van der Waals surface area contributed by atoms with E-state index in [0.717, 1.165) is 16.2 Å². The van der Waals surface area contributed by atoms with E-state index in [0.29, 0.717) is 6.54 Å². The Morgan fingerprint density at radius 2 is 1.80 bits per heavy atom. The van der Waals surface area contributed by atoms with Gasteiger partial charge in [-0.25, -0.2) is 13.1 Å². The first-order chi connectivity index (χ1) is 9.26. The minimum absolute atomic E-state index is 0.0456. The molecule has 1 rings (SSSR count). The number of alkyl halides is 1. The molecule has 1 atom stereocenters. The van der Waals surface area contributed by atoms with E-state index in [1.165, 1.54) is 0 Å². The van der Waals surface area contributed by atoms with Gasteiger partial charge in [0.25, 0.3) is 0 Å². The average molecular weight is 321 g/mol. The maximum atomic E-state index is 11.4. The van der Waals surface area contributed by atoms with Crippen molar-refractivity contribution in [2.24, 2.45) is 0 Å². The van der Waals surface area contributed by atoms with Crippen molar-refractivity contribution in [1.29, 1.82) is 0 Å². The van der Waals surface area contributed by atoms with E-state index in [9.17, 15) is 8.42 Å². The van der Waals surface area contributed by atoms with Gasteiger partial charge in [-0.1, -0.05) is 12.1 Å². The van der Waals surface area contributed by atoms with Crippen molar-refractivity contribution in [2.75, 3.05) is 44.8 Å². The van der Waals surface area contributed by atoms with Gasteiger partial charge in [0.1, 0.15) is 11.3 Å². The highest BCUT2D eigenvalue weighted by Crippen LogP contribution is 2.16. The second-order valence-corrected chi connectivity index (χ2v) is 7.58. The molecule has 0 saturated carbocycles. The molecule has 0 aliphatic heterocycles. The van der Waals surface area contributed by atoms with Gasteiger partial charge in [0.15, 0.2) is 0 Å². The Bertz CT molecular complexity index is 515. The van der Waals surface area contributed by atoms with Gasteiger partial charge in [0.2, 0.25) is 10.0 Å². The fourth-order valence-corrected chi connectivity index (χ4v) is 2.64. The number of hydrogen-bond donors (Lipinski definition) is 2. The van der Waals surface area contributed by atoms with E-state index >= 15 is 0 Å². The quantitative estimate of drug-likeness (QED) is 0.698. The van der Waals surface area contributed by atoms with Crippen LogP contribution in [0.25, 0.3) is 0 Å². The lowest BCUT2D eigenvalue weighted by Crippen LogP contribution is -3.07. The number of quaternary nitrogens is 1. The SMILES string of the molecule is CN(C)c1ccc([C@H](CNS(=O)(=O)CCl)[NH+](C)C)cc1. The predicted molar refractivity (Wildman–Crippen MR) is 84.0 cm³/mol. The smallest absolute Gasteiger partial charge is 0.225 e. The standard InChI is InChI=1S/C13H22ClN3O2S/c1-16(2)12-7-5-11(6-8-12)13(17(3)4)9-15-20(18,19)10-14/h5-8,13,15H,9-10H2,1-4H3/p+1/t13-/m0/s1. The highest BCUT2D eigenvalue weighted by atomic mass is 35.5. The molecule has 0 amide bonds. The second kappa shape index (κ2) is 7.26. The van der Waals surface area contributed by atoms with Crippen LogP contribution in [0, 0.1) is 0 Å². The molecule has 20 heavy (non-hydrogen) atoms. The Labute approximate surface area is 126 Å².